The Balaban J connectivity index is 1.35. The van der Waals surface area contributed by atoms with Crippen molar-refractivity contribution < 1.29 is 19.1 Å². The summed E-state index contributed by atoms with van der Waals surface area (Å²) in [6.45, 7) is 3.60. The zero-order chi connectivity index (χ0) is 22.6. The minimum Gasteiger partial charge on any atom is -0.464 e. The van der Waals surface area contributed by atoms with E-state index in [1.165, 1.54) is 0 Å². The van der Waals surface area contributed by atoms with Crippen molar-refractivity contribution in [1.29, 1.82) is 0 Å². The standard InChI is InChI=1S/C25H33N3O4/c1-18-11-12-22(31-18)17-27-24(26)28-15-13-21(14-16-28)32-23(29)25(30,20-9-5-6-10-20)19-7-3-2-4-8-19/h2-4,7-8,11-12,20-21,30H,5-6,9-10,13-17H2,1H3,(H2,26,27)/t25-/m0/s1. The first-order valence-electron chi connectivity index (χ1n) is 11.6. The summed E-state index contributed by atoms with van der Waals surface area (Å²) >= 11 is 0. The van der Waals surface area contributed by atoms with Crippen LogP contribution in [-0.4, -0.2) is 41.1 Å². The first kappa shape index (κ1) is 22.4. The topological polar surface area (TPSA) is 101 Å². The molecular formula is C25H33N3O4. The number of furan rings is 1. The van der Waals surface area contributed by atoms with Gasteiger partial charge in [0, 0.05) is 31.8 Å². The number of likely N-dealkylation sites (tertiary alicyclic amines) is 1. The predicted molar refractivity (Wildman–Crippen MR) is 122 cm³/mol. The molecule has 1 saturated carbocycles. The van der Waals surface area contributed by atoms with Gasteiger partial charge in [-0.15, -0.1) is 0 Å². The maximum atomic E-state index is 13.3. The molecule has 0 bridgehead atoms. The van der Waals surface area contributed by atoms with Gasteiger partial charge in [0.15, 0.2) is 11.6 Å². The summed E-state index contributed by atoms with van der Waals surface area (Å²) in [5.74, 6) is 1.47. The molecule has 1 aromatic carbocycles. The molecule has 7 heteroatoms. The molecule has 1 aromatic heterocycles. The second kappa shape index (κ2) is 9.77. The first-order valence-corrected chi connectivity index (χ1v) is 11.6. The quantitative estimate of drug-likeness (QED) is 0.406. The third-order valence-corrected chi connectivity index (χ3v) is 6.70. The SMILES string of the molecule is Cc1ccc(CN=C(N)N2CCC(OC(=O)[C@](O)(c3ccccc3)C3CCCC3)CC2)o1. The molecule has 172 valence electrons. The summed E-state index contributed by atoms with van der Waals surface area (Å²) in [7, 11) is 0. The Kier molecular flexibility index (Phi) is 6.84. The van der Waals surface area contributed by atoms with Crippen molar-refractivity contribution >= 4 is 11.9 Å². The Labute approximate surface area is 189 Å². The van der Waals surface area contributed by atoms with E-state index in [-0.39, 0.29) is 12.0 Å². The lowest BCUT2D eigenvalue weighted by molar-refractivity contribution is -0.181. The molecule has 1 aliphatic carbocycles. The van der Waals surface area contributed by atoms with Gasteiger partial charge in [-0.2, -0.15) is 0 Å². The van der Waals surface area contributed by atoms with Crippen molar-refractivity contribution in [2.75, 3.05) is 13.1 Å². The highest BCUT2D eigenvalue weighted by molar-refractivity contribution is 5.82. The Morgan fingerprint density at radius 3 is 2.47 bits per heavy atom. The van der Waals surface area contributed by atoms with Crippen LogP contribution in [0, 0.1) is 12.8 Å². The van der Waals surface area contributed by atoms with E-state index in [9.17, 15) is 9.90 Å². The van der Waals surface area contributed by atoms with Crippen molar-refractivity contribution in [2.45, 2.75) is 63.7 Å². The molecule has 1 atom stereocenters. The molecule has 7 nitrogen and oxygen atoms in total. The number of aliphatic imine (C=N–C) groups is 1. The number of nitrogens with zero attached hydrogens (tertiary/aromatic N) is 2. The predicted octanol–water partition coefficient (Wildman–Crippen LogP) is 3.49. The van der Waals surface area contributed by atoms with Crippen molar-refractivity contribution in [3.8, 4) is 0 Å². The highest BCUT2D eigenvalue weighted by Crippen LogP contribution is 2.42. The van der Waals surface area contributed by atoms with Gasteiger partial charge < -0.3 is 24.9 Å². The van der Waals surface area contributed by atoms with Crippen LogP contribution in [0.2, 0.25) is 0 Å². The Morgan fingerprint density at radius 1 is 1.16 bits per heavy atom. The van der Waals surface area contributed by atoms with E-state index < -0.39 is 11.6 Å². The van der Waals surface area contributed by atoms with Crippen molar-refractivity contribution in [3.05, 3.63) is 59.5 Å². The second-order valence-corrected chi connectivity index (χ2v) is 8.89. The van der Waals surface area contributed by atoms with Gasteiger partial charge in [0.1, 0.15) is 24.2 Å². The summed E-state index contributed by atoms with van der Waals surface area (Å²) in [6.07, 6.45) is 4.79. The second-order valence-electron chi connectivity index (χ2n) is 8.89. The van der Waals surface area contributed by atoms with Gasteiger partial charge in [-0.25, -0.2) is 9.79 Å². The average molecular weight is 440 g/mol. The maximum absolute atomic E-state index is 13.3. The van der Waals surface area contributed by atoms with E-state index in [0.29, 0.717) is 44.0 Å². The Morgan fingerprint density at radius 2 is 1.84 bits per heavy atom. The lowest BCUT2D eigenvalue weighted by Gasteiger charge is -2.36. The van der Waals surface area contributed by atoms with Crippen molar-refractivity contribution in [2.24, 2.45) is 16.6 Å². The maximum Gasteiger partial charge on any atom is 0.343 e. The van der Waals surface area contributed by atoms with Crippen LogP contribution in [-0.2, 0) is 21.7 Å². The van der Waals surface area contributed by atoms with E-state index in [2.05, 4.69) is 4.99 Å². The van der Waals surface area contributed by atoms with Crippen molar-refractivity contribution in [1.82, 2.24) is 4.90 Å². The molecule has 2 fully saturated rings. The molecule has 2 heterocycles. The number of carbonyl (C=O) groups excluding carboxylic acids is 1. The molecule has 2 aromatic rings. The number of benzene rings is 1. The van der Waals surface area contributed by atoms with E-state index in [1.54, 1.807) is 0 Å². The van der Waals surface area contributed by atoms with Crippen LogP contribution in [0.25, 0.3) is 0 Å². The summed E-state index contributed by atoms with van der Waals surface area (Å²) in [4.78, 5) is 19.7. The molecule has 4 rings (SSSR count). The van der Waals surface area contributed by atoms with Crippen LogP contribution >= 0.6 is 0 Å². The molecule has 32 heavy (non-hydrogen) atoms. The van der Waals surface area contributed by atoms with E-state index in [4.69, 9.17) is 14.9 Å². The molecule has 3 N–H and O–H groups in total. The first-order chi connectivity index (χ1) is 15.5. The van der Waals surface area contributed by atoms with Crippen LogP contribution in [0.3, 0.4) is 0 Å². The van der Waals surface area contributed by atoms with E-state index in [1.807, 2.05) is 54.3 Å². The van der Waals surface area contributed by atoms with Crippen molar-refractivity contribution in [3.63, 3.8) is 0 Å². The lowest BCUT2D eigenvalue weighted by atomic mass is 9.80. The number of aryl methyl sites for hydroxylation is 1. The number of rotatable bonds is 6. The van der Waals surface area contributed by atoms with Crippen LogP contribution in [0.15, 0.2) is 51.9 Å². The van der Waals surface area contributed by atoms with Gasteiger partial charge in [-0.05, 0) is 37.5 Å². The molecule has 2 aliphatic rings. The van der Waals surface area contributed by atoms with Gasteiger partial charge in [0.05, 0.1) is 0 Å². The number of hydrogen-bond acceptors (Lipinski definition) is 5. The van der Waals surface area contributed by atoms with Gasteiger partial charge in [-0.3, -0.25) is 0 Å². The summed E-state index contributed by atoms with van der Waals surface area (Å²) < 4.78 is 11.4. The molecule has 0 unspecified atom stereocenters. The molecule has 1 aliphatic heterocycles. The number of hydrogen-bond donors (Lipinski definition) is 2. The summed E-state index contributed by atoms with van der Waals surface area (Å²) in [6, 6.07) is 13.0. The Bertz CT molecular complexity index is 928. The molecule has 0 amide bonds. The zero-order valence-corrected chi connectivity index (χ0v) is 18.7. The smallest absolute Gasteiger partial charge is 0.343 e. The third-order valence-electron chi connectivity index (χ3n) is 6.70. The molecule has 0 spiro atoms. The average Bonchev–Trinajstić information content (AvgIpc) is 3.50. The van der Waals surface area contributed by atoms with Gasteiger partial charge >= 0.3 is 5.97 Å². The minimum absolute atomic E-state index is 0.106. The Hall–Kier alpha value is -2.80. The molecule has 1 saturated heterocycles. The fourth-order valence-electron chi connectivity index (χ4n) is 4.83. The summed E-state index contributed by atoms with van der Waals surface area (Å²) in [5, 5.41) is 11.6. The van der Waals surface area contributed by atoms with E-state index in [0.717, 1.165) is 37.2 Å². The van der Waals surface area contributed by atoms with Crippen LogP contribution in [0.4, 0.5) is 0 Å². The molecule has 0 radical (unpaired) electrons. The number of nitrogens with two attached hydrogens (primary N) is 1. The lowest BCUT2D eigenvalue weighted by Crippen LogP contribution is -2.48. The van der Waals surface area contributed by atoms with Gasteiger partial charge in [0.25, 0.3) is 0 Å². The van der Waals surface area contributed by atoms with Crippen LogP contribution < -0.4 is 5.73 Å². The number of esters is 1. The fourth-order valence-corrected chi connectivity index (χ4v) is 4.83. The number of carbonyl (C=O) groups is 1. The number of guanidine groups is 1. The minimum atomic E-state index is -1.59. The van der Waals surface area contributed by atoms with Gasteiger partial charge in [0.2, 0.25) is 0 Å². The zero-order valence-electron chi connectivity index (χ0n) is 18.7. The summed E-state index contributed by atoms with van der Waals surface area (Å²) in [5.41, 5.74) is 5.20. The highest BCUT2D eigenvalue weighted by atomic mass is 16.6. The monoisotopic (exact) mass is 439 g/mol. The molecular weight excluding hydrogens is 406 g/mol. The number of ether oxygens (including phenoxy) is 1. The highest BCUT2D eigenvalue weighted by Gasteiger charge is 2.48. The van der Waals surface area contributed by atoms with Crippen LogP contribution in [0.1, 0.15) is 55.6 Å². The fraction of sp³-hybridized carbons (Fsp3) is 0.520. The van der Waals surface area contributed by atoms with Crippen LogP contribution in [0.5, 0.6) is 0 Å². The number of piperidine rings is 1. The normalized spacial score (nSPS) is 20.3. The van der Waals surface area contributed by atoms with E-state index >= 15 is 0 Å². The number of aliphatic hydroxyl groups is 1. The largest absolute Gasteiger partial charge is 0.464 e. The third kappa shape index (κ3) is 4.83. The van der Waals surface area contributed by atoms with Gasteiger partial charge in [-0.1, -0.05) is 43.2 Å².